The van der Waals surface area contributed by atoms with Gasteiger partial charge < -0.3 is 15.2 Å². The Morgan fingerprint density at radius 3 is 2.25 bits per heavy atom. The second-order valence-electron chi connectivity index (χ2n) is 5.76. The lowest BCUT2D eigenvalue weighted by Gasteiger charge is -2.24. The van der Waals surface area contributed by atoms with E-state index in [-0.39, 0.29) is 6.04 Å². The maximum atomic E-state index is 6.40. The molecule has 20 heavy (non-hydrogen) atoms. The molecule has 1 unspecified atom stereocenters. The molecule has 2 N–H and O–H groups in total. The molecule has 0 spiro atoms. The van der Waals surface area contributed by atoms with E-state index in [0.717, 1.165) is 29.4 Å². The van der Waals surface area contributed by atoms with Crippen LogP contribution < -0.4 is 15.2 Å². The van der Waals surface area contributed by atoms with Crippen LogP contribution in [-0.4, -0.2) is 14.2 Å². The summed E-state index contributed by atoms with van der Waals surface area (Å²) in [4.78, 5) is 0. The van der Waals surface area contributed by atoms with Gasteiger partial charge >= 0.3 is 0 Å². The molecule has 0 saturated heterocycles. The van der Waals surface area contributed by atoms with Crippen molar-refractivity contribution in [1.29, 1.82) is 0 Å². The number of rotatable bonds is 6. The minimum Gasteiger partial charge on any atom is -0.496 e. The molecular weight excluding hydrogens is 250 g/mol. The molecule has 0 radical (unpaired) electrons. The van der Waals surface area contributed by atoms with E-state index in [1.54, 1.807) is 14.2 Å². The summed E-state index contributed by atoms with van der Waals surface area (Å²) < 4.78 is 10.9. The second-order valence-corrected chi connectivity index (χ2v) is 5.76. The van der Waals surface area contributed by atoms with Gasteiger partial charge in [-0.15, -0.1) is 0 Å². The average Bonchev–Trinajstić information content (AvgIpc) is 2.52. The Labute approximate surface area is 122 Å². The molecule has 0 aliphatic heterocycles. The third-order valence-corrected chi connectivity index (χ3v) is 4.45. The van der Waals surface area contributed by atoms with Crippen LogP contribution in [0.25, 0.3) is 0 Å². The predicted octanol–water partition coefficient (Wildman–Crippen LogP) is 4.06. The number of hydrogen-bond acceptors (Lipinski definition) is 3. The maximum Gasteiger partial charge on any atom is 0.127 e. The Bertz CT molecular complexity index is 391. The number of hydrogen-bond donors (Lipinski definition) is 1. The molecule has 1 aliphatic carbocycles. The van der Waals surface area contributed by atoms with Crippen molar-refractivity contribution in [2.24, 2.45) is 11.7 Å². The molecule has 0 heterocycles. The van der Waals surface area contributed by atoms with Crippen LogP contribution in [-0.2, 0) is 0 Å². The molecule has 1 fully saturated rings. The van der Waals surface area contributed by atoms with Crippen molar-refractivity contribution >= 4 is 0 Å². The zero-order valence-electron chi connectivity index (χ0n) is 12.7. The van der Waals surface area contributed by atoms with E-state index in [9.17, 15) is 0 Å². The van der Waals surface area contributed by atoms with Crippen LogP contribution in [0.4, 0.5) is 0 Å². The van der Waals surface area contributed by atoms with Gasteiger partial charge in [-0.25, -0.2) is 0 Å². The number of nitrogens with two attached hydrogens (primary N) is 1. The maximum absolute atomic E-state index is 6.40. The van der Waals surface area contributed by atoms with Crippen LogP contribution in [0.3, 0.4) is 0 Å². The molecule has 3 heteroatoms. The molecule has 1 atom stereocenters. The first-order valence-electron chi connectivity index (χ1n) is 7.72. The van der Waals surface area contributed by atoms with E-state index >= 15 is 0 Å². The van der Waals surface area contributed by atoms with Crippen molar-refractivity contribution in [1.82, 2.24) is 0 Å². The molecule has 1 aromatic carbocycles. The third kappa shape index (κ3) is 3.66. The van der Waals surface area contributed by atoms with Crippen molar-refractivity contribution in [2.45, 2.75) is 51.0 Å². The van der Waals surface area contributed by atoms with Gasteiger partial charge in [-0.3, -0.25) is 0 Å². The van der Waals surface area contributed by atoms with Crippen molar-refractivity contribution in [3.8, 4) is 11.5 Å². The largest absolute Gasteiger partial charge is 0.496 e. The van der Waals surface area contributed by atoms with Crippen LogP contribution in [0.5, 0.6) is 11.5 Å². The van der Waals surface area contributed by atoms with Crippen LogP contribution in [0.2, 0.25) is 0 Å². The molecule has 0 amide bonds. The summed E-state index contributed by atoms with van der Waals surface area (Å²) in [5.41, 5.74) is 7.41. The highest BCUT2D eigenvalue weighted by Gasteiger charge is 2.20. The lowest BCUT2D eigenvalue weighted by molar-refractivity contribution is 0.319. The first-order chi connectivity index (χ1) is 9.76. The minimum atomic E-state index is -0.0111. The zero-order valence-corrected chi connectivity index (χ0v) is 12.7. The highest BCUT2D eigenvalue weighted by Crippen LogP contribution is 2.36. The van der Waals surface area contributed by atoms with Gasteiger partial charge in [0.25, 0.3) is 0 Å². The Morgan fingerprint density at radius 1 is 1.10 bits per heavy atom. The Balaban J connectivity index is 2.02. The van der Waals surface area contributed by atoms with Gasteiger partial charge in [-0.1, -0.05) is 38.2 Å². The Kier molecular flexibility index (Phi) is 5.72. The number of ether oxygens (including phenoxy) is 2. The molecular formula is C17H27NO2. The summed E-state index contributed by atoms with van der Waals surface area (Å²) in [7, 11) is 3.37. The summed E-state index contributed by atoms with van der Waals surface area (Å²) >= 11 is 0. The van der Waals surface area contributed by atoms with Gasteiger partial charge in [0.05, 0.1) is 19.8 Å². The molecule has 3 nitrogen and oxygen atoms in total. The Morgan fingerprint density at radius 2 is 1.70 bits per heavy atom. The van der Waals surface area contributed by atoms with E-state index < -0.39 is 0 Å². The van der Waals surface area contributed by atoms with E-state index in [0.29, 0.717) is 0 Å². The van der Waals surface area contributed by atoms with E-state index in [4.69, 9.17) is 15.2 Å². The minimum absolute atomic E-state index is 0.0111. The van der Waals surface area contributed by atoms with Crippen molar-refractivity contribution < 1.29 is 9.47 Å². The monoisotopic (exact) mass is 277 g/mol. The third-order valence-electron chi connectivity index (χ3n) is 4.45. The molecule has 0 bridgehead atoms. The summed E-state index contributed by atoms with van der Waals surface area (Å²) in [5, 5.41) is 0. The molecule has 1 saturated carbocycles. The van der Waals surface area contributed by atoms with Crippen molar-refractivity contribution in [3.05, 3.63) is 23.8 Å². The predicted molar refractivity (Wildman–Crippen MR) is 82.3 cm³/mol. The molecule has 1 aromatic rings. The fraction of sp³-hybridized carbons (Fsp3) is 0.647. The summed E-state index contributed by atoms with van der Waals surface area (Å²) in [6.45, 7) is 0. The second kappa shape index (κ2) is 7.53. The van der Waals surface area contributed by atoms with Gasteiger partial charge in [0, 0.05) is 6.04 Å². The van der Waals surface area contributed by atoms with Crippen LogP contribution in [0.15, 0.2) is 18.2 Å². The first-order valence-corrected chi connectivity index (χ1v) is 7.72. The smallest absolute Gasteiger partial charge is 0.127 e. The van der Waals surface area contributed by atoms with E-state index in [1.165, 1.54) is 38.5 Å². The van der Waals surface area contributed by atoms with Gasteiger partial charge in [-0.2, -0.15) is 0 Å². The molecule has 1 aliphatic rings. The summed E-state index contributed by atoms with van der Waals surface area (Å²) in [6, 6.07) is 5.84. The summed E-state index contributed by atoms with van der Waals surface area (Å²) in [6.07, 6.45) is 9.13. The molecule has 112 valence electrons. The summed E-state index contributed by atoms with van der Waals surface area (Å²) in [5.74, 6) is 2.52. The first kappa shape index (κ1) is 15.2. The lowest BCUT2D eigenvalue weighted by Crippen LogP contribution is -2.15. The highest BCUT2D eigenvalue weighted by molar-refractivity contribution is 5.46. The number of benzene rings is 1. The van der Waals surface area contributed by atoms with Gasteiger partial charge in [0.15, 0.2) is 0 Å². The standard InChI is InChI=1S/C17H27NO2/c1-19-15-9-6-10-16(20-2)17(15)14(18)12-11-13-7-4-3-5-8-13/h6,9-10,13-14H,3-5,7-8,11-12,18H2,1-2H3. The van der Waals surface area contributed by atoms with E-state index in [1.807, 2.05) is 18.2 Å². The van der Waals surface area contributed by atoms with Gasteiger partial charge in [0.1, 0.15) is 11.5 Å². The molecule has 2 rings (SSSR count). The average molecular weight is 277 g/mol. The van der Waals surface area contributed by atoms with Crippen molar-refractivity contribution in [2.75, 3.05) is 14.2 Å². The lowest BCUT2D eigenvalue weighted by atomic mass is 9.84. The number of methoxy groups -OCH3 is 2. The molecule has 0 aromatic heterocycles. The quantitative estimate of drug-likeness (QED) is 0.852. The normalized spacial score (nSPS) is 17.8. The van der Waals surface area contributed by atoms with Gasteiger partial charge in [-0.05, 0) is 30.9 Å². The fourth-order valence-corrected chi connectivity index (χ4v) is 3.28. The van der Waals surface area contributed by atoms with Crippen molar-refractivity contribution in [3.63, 3.8) is 0 Å². The Hall–Kier alpha value is -1.22. The zero-order chi connectivity index (χ0) is 14.4. The highest BCUT2D eigenvalue weighted by atomic mass is 16.5. The van der Waals surface area contributed by atoms with Crippen LogP contribution in [0, 0.1) is 5.92 Å². The van der Waals surface area contributed by atoms with Crippen LogP contribution >= 0.6 is 0 Å². The fourth-order valence-electron chi connectivity index (χ4n) is 3.28. The van der Waals surface area contributed by atoms with E-state index in [2.05, 4.69) is 0 Å². The van der Waals surface area contributed by atoms with Gasteiger partial charge in [0.2, 0.25) is 0 Å². The topological polar surface area (TPSA) is 44.5 Å². The SMILES string of the molecule is COc1cccc(OC)c1C(N)CCC1CCCCC1. The van der Waals surface area contributed by atoms with Crippen LogP contribution in [0.1, 0.15) is 56.6 Å².